The summed E-state index contributed by atoms with van der Waals surface area (Å²) in [5.41, 5.74) is 5.66. The molecule has 1 unspecified atom stereocenters. The van der Waals surface area contributed by atoms with Gasteiger partial charge in [-0.2, -0.15) is 0 Å². The molecule has 0 fully saturated rings. The highest BCUT2D eigenvalue weighted by Crippen LogP contribution is 1.99. The lowest BCUT2D eigenvalue weighted by molar-refractivity contribution is 0.313. The molecule has 0 aliphatic carbocycles. The maximum atomic E-state index is 5.66. The van der Waals surface area contributed by atoms with Gasteiger partial charge in [-0.1, -0.05) is 6.92 Å². The summed E-state index contributed by atoms with van der Waals surface area (Å²) < 4.78 is 0. The second kappa shape index (κ2) is 3.85. The van der Waals surface area contributed by atoms with E-state index in [1.807, 2.05) is 6.92 Å². The van der Waals surface area contributed by atoms with Gasteiger partial charge in [-0.3, -0.25) is 0 Å². The first-order valence-corrected chi connectivity index (χ1v) is 3.44. The molecule has 0 saturated carbocycles. The van der Waals surface area contributed by atoms with Crippen LogP contribution in [0.25, 0.3) is 0 Å². The van der Waals surface area contributed by atoms with Crippen LogP contribution in [0.5, 0.6) is 0 Å². The van der Waals surface area contributed by atoms with E-state index in [9.17, 15) is 0 Å². The van der Waals surface area contributed by atoms with E-state index in [1.165, 1.54) is 0 Å². The summed E-state index contributed by atoms with van der Waals surface area (Å²) in [4.78, 5) is 2.16. The summed E-state index contributed by atoms with van der Waals surface area (Å²) in [6.45, 7) is 5.30. The zero-order chi connectivity index (χ0) is 7.44. The lowest BCUT2D eigenvalue weighted by Crippen LogP contribution is -2.32. The quantitative estimate of drug-likeness (QED) is 0.604. The van der Waals surface area contributed by atoms with Crippen LogP contribution < -0.4 is 5.73 Å². The van der Waals surface area contributed by atoms with Gasteiger partial charge in [0.15, 0.2) is 0 Å². The molecule has 2 atom stereocenters. The molecule has 0 spiro atoms. The van der Waals surface area contributed by atoms with Gasteiger partial charge in [0.1, 0.15) is 0 Å². The monoisotopic (exact) mass is 130 g/mol. The minimum Gasteiger partial charge on any atom is -0.328 e. The molecule has 0 rings (SSSR count). The maximum Gasteiger partial charge on any atom is 0.00483 e. The van der Waals surface area contributed by atoms with Crippen molar-refractivity contribution in [3.05, 3.63) is 0 Å². The Morgan fingerprint density at radius 3 is 1.89 bits per heavy atom. The predicted octanol–water partition coefficient (Wildman–Crippen LogP) is 0.531. The van der Waals surface area contributed by atoms with Crippen LogP contribution in [-0.4, -0.2) is 31.6 Å². The van der Waals surface area contributed by atoms with E-state index in [-0.39, 0.29) is 0 Å². The molecule has 2 nitrogen and oxygen atoms in total. The van der Waals surface area contributed by atoms with Crippen LogP contribution >= 0.6 is 0 Å². The van der Waals surface area contributed by atoms with Gasteiger partial charge in [0.05, 0.1) is 0 Å². The summed E-state index contributed by atoms with van der Waals surface area (Å²) >= 11 is 0. The van der Waals surface area contributed by atoms with E-state index < -0.39 is 0 Å². The Hall–Kier alpha value is -0.0800. The van der Waals surface area contributed by atoms with E-state index in [0.717, 1.165) is 6.54 Å². The lowest BCUT2D eigenvalue weighted by Gasteiger charge is -2.19. The van der Waals surface area contributed by atoms with Gasteiger partial charge >= 0.3 is 0 Å². The molecular formula is C7H18N2. The number of nitrogens with zero attached hydrogens (tertiary/aromatic N) is 1. The minimum absolute atomic E-state index is 0.312. The number of hydrogen-bond acceptors (Lipinski definition) is 2. The standard InChI is InChI=1S/C7H18N2/c1-6(7(2)8)5-9(3)4/h6-7H,5,8H2,1-4H3/t6-,7?/m1/s1. The third-order valence-corrected chi connectivity index (χ3v) is 1.55. The first kappa shape index (κ1) is 8.92. The van der Waals surface area contributed by atoms with Crippen LogP contribution in [0.3, 0.4) is 0 Å². The third-order valence-electron chi connectivity index (χ3n) is 1.55. The Balaban J connectivity index is 3.38. The minimum atomic E-state index is 0.312. The second-order valence-corrected chi connectivity index (χ2v) is 3.10. The van der Waals surface area contributed by atoms with Crippen molar-refractivity contribution in [3.63, 3.8) is 0 Å². The molecule has 56 valence electrons. The third kappa shape index (κ3) is 4.43. The Labute approximate surface area is 58.0 Å². The average molecular weight is 130 g/mol. The van der Waals surface area contributed by atoms with Crippen LogP contribution in [0.15, 0.2) is 0 Å². The van der Waals surface area contributed by atoms with E-state index in [1.54, 1.807) is 0 Å². The Bertz CT molecular complexity index is 69.3. The first-order valence-electron chi connectivity index (χ1n) is 3.44. The fraction of sp³-hybridized carbons (Fsp3) is 1.00. The first-order chi connectivity index (χ1) is 4.04. The molecule has 9 heavy (non-hydrogen) atoms. The summed E-state index contributed by atoms with van der Waals surface area (Å²) in [6, 6.07) is 0.312. The van der Waals surface area contributed by atoms with Gasteiger partial charge in [-0.05, 0) is 26.9 Å². The predicted molar refractivity (Wildman–Crippen MR) is 41.4 cm³/mol. The van der Waals surface area contributed by atoms with Crippen molar-refractivity contribution in [1.82, 2.24) is 4.90 Å². The molecule has 2 heteroatoms. The van der Waals surface area contributed by atoms with Gasteiger partial charge in [-0.25, -0.2) is 0 Å². The lowest BCUT2D eigenvalue weighted by atomic mass is 10.1. The van der Waals surface area contributed by atoms with E-state index in [2.05, 4.69) is 25.9 Å². The highest BCUT2D eigenvalue weighted by Gasteiger charge is 2.06. The highest BCUT2D eigenvalue weighted by molar-refractivity contribution is 4.64. The van der Waals surface area contributed by atoms with Gasteiger partial charge in [0.25, 0.3) is 0 Å². The molecule has 0 bridgehead atoms. The molecule has 0 amide bonds. The topological polar surface area (TPSA) is 29.3 Å². The molecule has 2 N–H and O–H groups in total. The normalized spacial score (nSPS) is 18.0. The Kier molecular flexibility index (Phi) is 3.82. The fourth-order valence-electron chi connectivity index (χ4n) is 0.742. The molecule has 0 heterocycles. The summed E-state index contributed by atoms with van der Waals surface area (Å²) in [5, 5.41) is 0. The van der Waals surface area contributed by atoms with E-state index >= 15 is 0 Å². The second-order valence-electron chi connectivity index (χ2n) is 3.10. The summed E-state index contributed by atoms with van der Waals surface area (Å²) in [6.07, 6.45) is 0. The molecule has 0 aliphatic heterocycles. The van der Waals surface area contributed by atoms with Crippen LogP contribution in [0.1, 0.15) is 13.8 Å². The van der Waals surface area contributed by atoms with Crippen LogP contribution in [-0.2, 0) is 0 Å². The fourth-order valence-corrected chi connectivity index (χ4v) is 0.742. The molecular weight excluding hydrogens is 112 g/mol. The van der Waals surface area contributed by atoms with Crippen molar-refractivity contribution in [1.29, 1.82) is 0 Å². The maximum absolute atomic E-state index is 5.66. The van der Waals surface area contributed by atoms with Gasteiger partial charge in [0, 0.05) is 12.6 Å². The molecule has 0 radical (unpaired) electrons. The smallest absolute Gasteiger partial charge is 0.00483 e. The summed E-state index contributed by atoms with van der Waals surface area (Å²) in [7, 11) is 4.14. The number of hydrogen-bond donors (Lipinski definition) is 1. The number of nitrogens with two attached hydrogens (primary N) is 1. The largest absolute Gasteiger partial charge is 0.328 e. The molecule has 0 aromatic heterocycles. The van der Waals surface area contributed by atoms with Crippen molar-refractivity contribution >= 4 is 0 Å². The van der Waals surface area contributed by atoms with Crippen molar-refractivity contribution in [2.75, 3.05) is 20.6 Å². The zero-order valence-electron chi connectivity index (χ0n) is 6.89. The van der Waals surface area contributed by atoms with E-state index in [4.69, 9.17) is 5.73 Å². The molecule has 0 aromatic carbocycles. The molecule has 0 aromatic rings. The van der Waals surface area contributed by atoms with Crippen molar-refractivity contribution in [3.8, 4) is 0 Å². The molecule has 0 aliphatic rings. The van der Waals surface area contributed by atoms with Gasteiger partial charge in [-0.15, -0.1) is 0 Å². The van der Waals surface area contributed by atoms with Crippen molar-refractivity contribution < 1.29 is 0 Å². The van der Waals surface area contributed by atoms with Crippen molar-refractivity contribution in [2.24, 2.45) is 11.7 Å². The van der Waals surface area contributed by atoms with Crippen LogP contribution in [0, 0.1) is 5.92 Å². The van der Waals surface area contributed by atoms with Crippen LogP contribution in [0.4, 0.5) is 0 Å². The number of rotatable bonds is 3. The SMILES string of the molecule is CC(N)[C@H](C)CN(C)C. The van der Waals surface area contributed by atoms with Crippen molar-refractivity contribution in [2.45, 2.75) is 19.9 Å². The van der Waals surface area contributed by atoms with Gasteiger partial charge < -0.3 is 10.6 Å². The molecule has 0 saturated heterocycles. The zero-order valence-corrected chi connectivity index (χ0v) is 6.89. The average Bonchev–Trinajstić information content (AvgIpc) is 1.63. The van der Waals surface area contributed by atoms with Crippen LogP contribution in [0.2, 0.25) is 0 Å². The Morgan fingerprint density at radius 2 is 1.78 bits per heavy atom. The highest BCUT2D eigenvalue weighted by atomic mass is 15.1. The van der Waals surface area contributed by atoms with Gasteiger partial charge in [0.2, 0.25) is 0 Å². The Morgan fingerprint density at radius 1 is 1.33 bits per heavy atom. The van der Waals surface area contributed by atoms with E-state index in [0.29, 0.717) is 12.0 Å². The summed E-state index contributed by atoms with van der Waals surface area (Å²) in [5.74, 6) is 0.597.